The fourth-order valence-corrected chi connectivity index (χ4v) is 5.47. The van der Waals surface area contributed by atoms with Crippen LogP contribution in [0.3, 0.4) is 0 Å². The summed E-state index contributed by atoms with van der Waals surface area (Å²) in [4.78, 5) is 2.87. The molecule has 2 atom stereocenters. The van der Waals surface area contributed by atoms with Gasteiger partial charge in [0.1, 0.15) is 0 Å². The second kappa shape index (κ2) is 5.57. The van der Waals surface area contributed by atoms with Crippen molar-refractivity contribution in [1.29, 1.82) is 0 Å². The lowest BCUT2D eigenvalue weighted by Gasteiger charge is -2.46. The predicted molar refractivity (Wildman–Crippen MR) is 83.5 cm³/mol. The van der Waals surface area contributed by atoms with Gasteiger partial charge in [-0.25, -0.2) is 0 Å². The minimum atomic E-state index is -0.0147. The lowest BCUT2D eigenvalue weighted by Crippen LogP contribution is -2.49. The molecular formula is C17H27NS. The van der Waals surface area contributed by atoms with E-state index >= 15 is 0 Å². The van der Waals surface area contributed by atoms with Crippen LogP contribution in [0.1, 0.15) is 67.5 Å². The first-order valence-electron chi connectivity index (χ1n) is 8.06. The smallest absolute Gasteiger partial charge is 0.0535 e. The molecule has 0 amide bonds. The van der Waals surface area contributed by atoms with Crippen LogP contribution < -0.4 is 5.73 Å². The molecule has 2 aliphatic carbocycles. The molecule has 0 bridgehead atoms. The lowest BCUT2D eigenvalue weighted by atomic mass is 9.63. The van der Waals surface area contributed by atoms with Gasteiger partial charge in [0.2, 0.25) is 0 Å². The molecule has 0 aromatic carbocycles. The van der Waals surface area contributed by atoms with Gasteiger partial charge in [0.15, 0.2) is 0 Å². The van der Waals surface area contributed by atoms with Crippen LogP contribution in [0.4, 0.5) is 0 Å². The Kier molecular flexibility index (Phi) is 4.00. The van der Waals surface area contributed by atoms with E-state index in [1.807, 2.05) is 11.3 Å². The van der Waals surface area contributed by atoms with Crippen molar-refractivity contribution in [1.82, 2.24) is 0 Å². The molecule has 3 rings (SSSR count). The molecule has 19 heavy (non-hydrogen) atoms. The molecule has 1 aromatic heterocycles. The molecule has 1 aromatic rings. The quantitative estimate of drug-likeness (QED) is 0.810. The van der Waals surface area contributed by atoms with Gasteiger partial charge in [0, 0.05) is 9.75 Å². The maximum atomic E-state index is 6.98. The number of aryl methyl sites for hydroxylation is 1. The van der Waals surface area contributed by atoms with Crippen LogP contribution in [0.5, 0.6) is 0 Å². The predicted octanol–water partition coefficient (Wildman–Crippen LogP) is 4.98. The van der Waals surface area contributed by atoms with Crippen LogP contribution in [0.25, 0.3) is 0 Å². The molecule has 2 saturated carbocycles. The normalized spacial score (nSPS) is 33.5. The fraction of sp³-hybridized carbons (Fsp3) is 0.765. The second-order valence-corrected chi connectivity index (χ2v) is 7.99. The summed E-state index contributed by atoms with van der Waals surface area (Å²) in [7, 11) is 0. The third kappa shape index (κ3) is 2.62. The van der Waals surface area contributed by atoms with E-state index in [1.165, 1.54) is 67.5 Å². The second-order valence-electron chi connectivity index (χ2n) is 6.70. The van der Waals surface area contributed by atoms with Gasteiger partial charge in [-0.2, -0.15) is 0 Å². The largest absolute Gasteiger partial charge is 0.320 e. The lowest BCUT2D eigenvalue weighted by molar-refractivity contribution is 0.101. The summed E-state index contributed by atoms with van der Waals surface area (Å²) in [5.41, 5.74) is 6.96. The van der Waals surface area contributed by atoms with E-state index in [9.17, 15) is 0 Å². The maximum absolute atomic E-state index is 6.98. The Balaban J connectivity index is 1.86. The van der Waals surface area contributed by atoms with E-state index in [2.05, 4.69) is 19.1 Å². The number of rotatable bonds is 2. The first-order valence-corrected chi connectivity index (χ1v) is 8.87. The zero-order valence-corrected chi connectivity index (χ0v) is 13.0. The minimum Gasteiger partial charge on any atom is -0.320 e. The van der Waals surface area contributed by atoms with Crippen molar-refractivity contribution in [3.63, 3.8) is 0 Å². The van der Waals surface area contributed by atoms with Crippen LogP contribution in [0, 0.1) is 18.8 Å². The van der Waals surface area contributed by atoms with Crippen LogP contribution in [0.15, 0.2) is 12.1 Å². The van der Waals surface area contributed by atoms with Crippen molar-refractivity contribution in [2.75, 3.05) is 0 Å². The molecule has 2 fully saturated rings. The molecule has 0 radical (unpaired) electrons. The van der Waals surface area contributed by atoms with Crippen LogP contribution in [-0.2, 0) is 5.54 Å². The van der Waals surface area contributed by atoms with Crippen LogP contribution >= 0.6 is 11.3 Å². The first-order chi connectivity index (χ1) is 9.20. The standard InChI is InChI=1S/C17H27NS/c1-13-10-11-16(19-13)17(18)12-6-5-9-15(17)14-7-3-2-4-8-14/h10-11,14-15H,2-9,12,18H2,1H3. The summed E-state index contributed by atoms with van der Waals surface area (Å²) in [6.07, 6.45) is 12.4. The first kappa shape index (κ1) is 13.6. The van der Waals surface area contributed by atoms with E-state index in [0.717, 1.165) is 11.8 Å². The number of hydrogen-bond acceptors (Lipinski definition) is 2. The van der Waals surface area contributed by atoms with Gasteiger partial charge in [-0.15, -0.1) is 11.3 Å². The van der Waals surface area contributed by atoms with Crippen molar-refractivity contribution in [2.45, 2.75) is 70.3 Å². The highest BCUT2D eigenvalue weighted by molar-refractivity contribution is 7.12. The maximum Gasteiger partial charge on any atom is 0.0535 e. The summed E-state index contributed by atoms with van der Waals surface area (Å²) >= 11 is 1.94. The Hall–Kier alpha value is -0.340. The zero-order chi connectivity index (χ0) is 13.3. The van der Waals surface area contributed by atoms with E-state index in [0.29, 0.717) is 0 Å². The van der Waals surface area contributed by atoms with Crippen molar-refractivity contribution in [3.8, 4) is 0 Å². The molecular weight excluding hydrogens is 250 g/mol. The minimum absolute atomic E-state index is 0.0147. The average Bonchev–Trinajstić information content (AvgIpc) is 2.88. The Bertz CT molecular complexity index is 419. The van der Waals surface area contributed by atoms with Gasteiger partial charge in [-0.1, -0.05) is 44.9 Å². The van der Waals surface area contributed by atoms with Crippen LogP contribution in [-0.4, -0.2) is 0 Å². The summed E-state index contributed by atoms with van der Waals surface area (Å²) in [5, 5.41) is 0. The third-order valence-electron chi connectivity index (χ3n) is 5.44. The topological polar surface area (TPSA) is 26.0 Å². The van der Waals surface area contributed by atoms with Gasteiger partial charge < -0.3 is 5.73 Å². The monoisotopic (exact) mass is 277 g/mol. The van der Waals surface area contributed by atoms with E-state index < -0.39 is 0 Å². The molecule has 0 aliphatic heterocycles. The fourth-order valence-electron chi connectivity index (χ4n) is 4.41. The highest BCUT2D eigenvalue weighted by atomic mass is 32.1. The summed E-state index contributed by atoms with van der Waals surface area (Å²) in [5.74, 6) is 1.63. The van der Waals surface area contributed by atoms with Gasteiger partial charge in [-0.05, 0) is 43.7 Å². The molecule has 1 nitrogen and oxygen atoms in total. The molecule has 2 unspecified atom stereocenters. The van der Waals surface area contributed by atoms with Gasteiger partial charge in [0.25, 0.3) is 0 Å². The van der Waals surface area contributed by atoms with Gasteiger partial charge in [0.05, 0.1) is 5.54 Å². The Morgan fingerprint density at radius 1 is 1.05 bits per heavy atom. The molecule has 2 aliphatic rings. The highest BCUT2D eigenvalue weighted by Crippen LogP contribution is 2.48. The van der Waals surface area contributed by atoms with Crippen molar-refractivity contribution < 1.29 is 0 Å². The summed E-state index contributed by atoms with van der Waals surface area (Å²) < 4.78 is 0. The summed E-state index contributed by atoms with van der Waals surface area (Å²) in [6.45, 7) is 2.20. The van der Waals surface area contributed by atoms with E-state index in [4.69, 9.17) is 5.73 Å². The third-order valence-corrected chi connectivity index (χ3v) is 6.63. The van der Waals surface area contributed by atoms with Crippen molar-refractivity contribution >= 4 is 11.3 Å². The molecule has 0 saturated heterocycles. The highest BCUT2D eigenvalue weighted by Gasteiger charge is 2.43. The zero-order valence-electron chi connectivity index (χ0n) is 12.2. The molecule has 2 N–H and O–H groups in total. The van der Waals surface area contributed by atoms with E-state index in [1.54, 1.807) is 0 Å². The number of nitrogens with two attached hydrogens (primary N) is 1. The molecule has 1 heterocycles. The SMILES string of the molecule is Cc1ccc(C2(N)CCCCC2C2CCCCC2)s1. The number of hydrogen-bond donors (Lipinski definition) is 1. The Morgan fingerprint density at radius 3 is 2.47 bits per heavy atom. The summed E-state index contributed by atoms with van der Waals surface area (Å²) in [6, 6.07) is 4.56. The van der Waals surface area contributed by atoms with Crippen LogP contribution in [0.2, 0.25) is 0 Å². The average molecular weight is 277 g/mol. The van der Waals surface area contributed by atoms with E-state index in [-0.39, 0.29) is 5.54 Å². The number of thiophene rings is 1. The van der Waals surface area contributed by atoms with Crippen molar-refractivity contribution in [2.24, 2.45) is 17.6 Å². The van der Waals surface area contributed by atoms with Gasteiger partial charge in [-0.3, -0.25) is 0 Å². The van der Waals surface area contributed by atoms with Crippen molar-refractivity contribution in [3.05, 3.63) is 21.9 Å². The Labute approximate surface area is 121 Å². The Morgan fingerprint density at radius 2 is 1.79 bits per heavy atom. The molecule has 2 heteroatoms. The van der Waals surface area contributed by atoms with Gasteiger partial charge >= 0.3 is 0 Å². The molecule has 0 spiro atoms. The molecule has 106 valence electrons.